The van der Waals surface area contributed by atoms with Crippen molar-refractivity contribution in [2.24, 2.45) is 11.1 Å². The normalized spacial score (nSPS) is 11.9. The van der Waals surface area contributed by atoms with Crippen molar-refractivity contribution in [2.75, 3.05) is 27.2 Å². The maximum atomic E-state index is 5.77. The fourth-order valence-electron chi connectivity index (χ4n) is 2.20. The van der Waals surface area contributed by atoms with Crippen LogP contribution in [0.2, 0.25) is 0 Å². The van der Waals surface area contributed by atoms with Crippen molar-refractivity contribution in [3.05, 3.63) is 29.3 Å². The number of methoxy groups -OCH3 is 1. The van der Waals surface area contributed by atoms with Gasteiger partial charge in [0.25, 0.3) is 0 Å². The average molecular weight is 250 g/mol. The molecule has 0 aromatic heterocycles. The van der Waals surface area contributed by atoms with Crippen molar-refractivity contribution < 1.29 is 4.74 Å². The van der Waals surface area contributed by atoms with Crippen molar-refractivity contribution in [3.8, 4) is 5.75 Å². The molecule has 102 valence electrons. The minimum Gasteiger partial charge on any atom is -0.496 e. The molecule has 1 rings (SSSR count). The number of nitrogens with two attached hydrogens (primary N) is 1. The first-order valence-corrected chi connectivity index (χ1v) is 6.40. The second-order valence-electron chi connectivity index (χ2n) is 5.84. The summed E-state index contributed by atoms with van der Waals surface area (Å²) in [5, 5.41) is 0. The van der Waals surface area contributed by atoms with Crippen LogP contribution in [-0.4, -0.2) is 32.1 Å². The van der Waals surface area contributed by atoms with Crippen LogP contribution in [0.3, 0.4) is 0 Å². The molecule has 0 aliphatic carbocycles. The molecule has 3 nitrogen and oxygen atoms in total. The zero-order valence-corrected chi connectivity index (χ0v) is 12.3. The van der Waals surface area contributed by atoms with Crippen molar-refractivity contribution in [1.29, 1.82) is 0 Å². The lowest BCUT2D eigenvalue weighted by Gasteiger charge is -2.29. The van der Waals surface area contributed by atoms with Crippen molar-refractivity contribution in [1.82, 2.24) is 4.90 Å². The fourth-order valence-corrected chi connectivity index (χ4v) is 2.20. The first-order valence-electron chi connectivity index (χ1n) is 6.40. The summed E-state index contributed by atoms with van der Waals surface area (Å²) in [7, 11) is 3.84. The van der Waals surface area contributed by atoms with E-state index in [2.05, 4.69) is 44.9 Å². The smallest absolute Gasteiger partial charge is 0.121 e. The van der Waals surface area contributed by atoms with Gasteiger partial charge < -0.3 is 15.4 Å². The average Bonchev–Trinajstić information content (AvgIpc) is 2.28. The minimum atomic E-state index is 0.163. The molecule has 0 saturated carbocycles. The molecule has 0 aliphatic heterocycles. The zero-order chi connectivity index (χ0) is 13.8. The Balaban J connectivity index is 2.65. The van der Waals surface area contributed by atoms with Crippen LogP contribution in [0.15, 0.2) is 18.2 Å². The number of ether oxygens (including phenoxy) is 1. The predicted octanol–water partition coefficient (Wildman–Crippen LogP) is 2.42. The zero-order valence-electron chi connectivity index (χ0n) is 12.3. The van der Waals surface area contributed by atoms with E-state index in [9.17, 15) is 0 Å². The lowest BCUT2D eigenvalue weighted by molar-refractivity contribution is 0.210. The van der Waals surface area contributed by atoms with E-state index in [-0.39, 0.29) is 5.41 Å². The van der Waals surface area contributed by atoms with Gasteiger partial charge in [0, 0.05) is 13.1 Å². The summed E-state index contributed by atoms with van der Waals surface area (Å²) in [6, 6.07) is 6.34. The van der Waals surface area contributed by atoms with Gasteiger partial charge in [0.1, 0.15) is 5.75 Å². The van der Waals surface area contributed by atoms with Gasteiger partial charge in [0.15, 0.2) is 0 Å². The van der Waals surface area contributed by atoms with Gasteiger partial charge in [-0.25, -0.2) is 0 Å². The van der Waals surface area contributed by atoms with E-state index in [1.165, 1.54) is 11.1 Å². The first kappa shape index (κ1) is 15.0. The van der Waals surface area contributed by atoms with Crippen LogP contribution >= 0.6 is 0 Å². The molecule has 0 bridgehead atoms. The lowest BCUT2D eigenvalue weighted by atomic mass is 9.93. The number of aryl methyl sites for hydroxylation is 1. The maximum absolute atomic E-state index is 5.77. The highest BCUT2D eigenvalue weighted by atomic mass is 16.5. The highest BCUT2D eigenvalue weighted by Gasteiger charge is 2.18. The summed E-state index contributed by atoms with van der Waals surface area (Å²) >= 11 is 0. The van der Waals surface area contributed by atoms with E-state index in [1.807, 2.05) is 6.07 Å². The number of nitrogens with zero attached hydrogens (tertiary/aromatic N) is 1. The molecule has 2 N–H and O–H groups in total. The number of benzene rings is 1. The Kier molecular flexibility index (Phi) is 5.17. The van der Waals surface area contributed by atoms with Crippen LogP contribution in [0.25, 0.3) is 0 Å². The van der Waals surface area contributed by atoms with Crippen LogP contribution in [0.5, 0.6) is 5.75 Å². The Morgan fingerprint density at radius 3 is 2.50 bits per heavy atom. The molecule has 0 unspecified atom stereocenters. The van der Waals surface area contributed by atoms with Crippen molar-refractivity contribution in [2.45, 2.75) is 27.3 Å². The maximum Gasteiger partial charge on any atom is 0.121 e. The second-order valence-corrected chi connectivity index (χ2v) is 5.84. The molecule has 0 saturated heterocycles. The molecule has 0 heterocycles. The molecule has 0 atom stereocenters. The highest BCUT2D eigenvalue weighted by molar-refractivity contribution is 5.36. The standard InChI is InChI=1S/C15H26N2O/c1-12-8-13(6-7-14(12)18-5)9-17(4)11-15(2,3)10-16/h6-8H,9-11,16H2,1-5H3. The molecule has 0 aliphatic rings. The SMILES string of the molecule is COc1ccc(CN(C)CC(C)(C)CN)cc1C. The van der Waals surface area contributed by atoms with Crippen LogP contribution in [0, 0.1) is 12.3 Å². The summed E-state index contributed by atoms with van der Waals surface area (Å²) in [4.78, 5) is 2.31. The lowest BCUT2D eigenvalue weighted by Crippen LogP contribution is -2.36. The Bertz CT molecular complexity index is 388. The van der Waals surface area contributed by atoms with Gasteiger partial charge in [0.05, 0.1) is 7.11 Å². The monoisotopic (exact) mass is 250 g/mol. The summed E-state index contributed by atoms with van der Waals surface area (Å²) < 4.78 is 5.27. The van der Waals surface area contributed by atoms with Crippen LogP contribution in [0.4, 0.5) is 0 Å². The highest BCUT2D eigenvalue weighted by Crippen LogP contribution is 2.20. The van der Waals surface area contributed by atoms with Gasteiger partial charge in [-0.1, -0.05) is 26.0 Å². The predicted molar refractivity (Wildman–Crippen MR) is 76.9 cm³/mol. The third-order valence-electron chi connectivity index (χ3n) is 3.16. The third-order valence-corrected chi connectivity index (χ3v) is 3.16. The van der Waals surface area contributed by atoms with E-state index >= 15 is 0 Å². The summed E-state index contributed by atoms with van der Waals surface area (Å²) in [5.74, 6) is 0.948. The molecule has 0 radical (unpaired) electrons. The Labute approximate surface area is 111 Å². The van der Waals surface area contributed by atoms with Crippen LogP contribution in [-0.2, 0) is 6.54 Å². The first-order chi connectivity index (χ1) is 8.38. The molecule has 1 aromatic carbocycles. The fraction of sp³-hybridized carbons (Fsp3) is 0.600. The molecular formula is C15H26N2O. The van der Waals surface area contributed by atoms with Crippen molar-refractivity contribution in [3.63, 3.8) is 0 Å². The summed E-state index contributed by atoms with van der Waals surface area (Å²) in [5.41, 5.74) is 8.42. The van der Waals surface area contributed by atoms with E-state index in [4.69, 9.17) is 10.5 Å². The second kappa shape index (κ2) is 6.21. The molecule has 0 fully saturated rings. The van der Waals surface area contributed by atoms with Gasteiger partial charge in [0.2, 0.25) is 0 Å². The number of hydrogen-bond acceptors (Lipinski definition) is 3. The minimum absolute atomic E-state index is 0.163. The van der Waals surface area contributed by atoms with Gasteiger partial charge in [-0.2, -0.15) is 0 Å². The topological polar surface area (TPSA) is 38.5 Å². The van der Waals surface area contributed by atoms with Crippen LogP contribution < -0.4 is 10.5 Å². The van der Waals surface area contributed by atoms with E-state index in [0.717, 1.165) is 18.8 Å². The Hall–Kier alpha value is -1.06. The van der Waals surface area contributed by atoms with Gasteiger partial charge in [-0.05, 0) is 43.1 Å². The number of hydrogen-bond donors (Lipinski definition) is 1. The van der Waals surface area contributed by atoms with E-state index in [0.29, 0.717) is 6.54 Å². The summed E-state index contributed by atoms with van der Waals surface area (Å²) in [6.45, 7) is 9.11. The Morgan fingerprint density at radius 2 is 2.00 bits per heavy atom. The molecule has 0 amide bonds. The Morgan fingerprint density at radius 1 is 1.33 bits per heavy atom. The molecule has 0 spiro atoms. The molecule has 3 heteroatoms. The van der Waals surface area contributed by atoms with E-state index in [1.54, 1.807) is 7.11 Å². The van der Waals surface area contributed by atoms with E-state index < -0.39 is 0 Å². The van der Waals surface area contributed by atoms with Crippen LogP contribution in [0.1, 0.15) is 25.0 Å². The molecule has 18 heavy (non-hydrogen) atoms. The van der Waals surface area contributed by atoms with Gasteiger partial charge in [-0.3, -0.25) is 0 Å². The number of rotatable bonds is 6. The molecular weight excluding hydrogens is 224 g/mol. The van der Waals surface area contributed by atoms with Gasteiger partial charge >= 0.3 is 0 Å². The quantitative estimate of drug-likeness (QED) is 0.842. The van der Waals surface area contributed by atoms with Gasteiger partial charge in [-0.15, -0.1) is 0 Å². The largest absolute Gasteiger partial charge is 0.496 e. The van der Waals surface area contributed by atoms with Crippen molar-refractivity contribution >= 4 is 0 Å². The third kappa shape index (κ3) is 4.31. The summed E-state index contributed by atoms with van der Waals surface area (Å²) in [6.07, 6.45) is 0. The molecule has 1 aromatic rings.